The van der Waals surface area contributed by atoms with Crippen molar-refractivity contribution in [2.75, 3.05) is 18.5 Å². The first-order chi connectivity index (χ1) is 7.20. The lowest BCUT2D eigenvalue weighted by molar-refractivity contribution is 0.0314. The highest BCUT2D eigenvalue weighted by molar-refractivity contribution is 5.30. The Labute approximate surface area is 87.9 Å². The van der Waals surface area contributed by atoms with Crippen LogP contribution in [0.15, 0.2) is 17.2 Å². The Morgan fingerprint density at radius 3 is 3.27 bits per heavy atom. The van der Waals surface area contributed by atoms with Gasteiger partial charge in [-0.1, -0.05) is 0 Å². The smallest absolute Gasteiger partial charge is 0.290 e. The quantitative estimate of drug-likeness (QED) is 0.771. The van der Waals surface area contributed by atoms with Crippen LogP contribution in [0.4, 0.5) is 5.82 Å². The Bertz CT molecular complexity index is 382. The number of hydrogen-bond acceptors (Lipinski definition) is 4. The average Bonchev–Trinajstić information content (AvgIpc) is 2.65. The van der Waals surface area contributed by atoms with Gasteiger partial charge in [-0.2, -0.15) is 0 Å². The predicted octanol–water partition coefficient (Wildman–Crippen LogP) is 0.751. The van der Waals surface area contributed by atoms with Gasteiger partial charge in [-0.25, -0.2) is 4.98 Å². The number of aromatic nitrogens is 2. The molecular formula is C10H15N3O2. The Kier molecular flexibility index (Phi) is 2.73. The highest BCUT2D eigenvalue weighted by Gasteiger charge is 2.29. The van der Waals surface area contributed by atoms with Crippen LogP contribution in [0.2, 0.25) is 0 Å². The molecule has 2 N–H and O–H groups in total. The fraction of sp³-hybridized carbons (Fsp3) is 0.600. The minimum absolute atomic E-state index is 0.163. The Balaban J connectivity index is 1.99. The van der Waals surface area contributed by atoms with E-state index >= 15 is 0 Å². The summed E-state index contributed by atoms with van der Waals surface area (Å²) in [5, 5.41) is 3.02. The summed E-state index contributed by atoms with van der Waals surface area (Å²) in [4.78, 5) is 17.8. The van der Waals surface area contributed by atoms with E-state index in [1.807, 2.05) is 6.92 Å². The van der Waals surface area contributed by atoms with E-state index in [1.165, 1.54) is 6.20 Å². The molecule has 0 amide bonds. The van der Waals surface area contributed by atoms with Crippen molar-refractivity contribution < 1.29 is 4.74 Å². The molecule has 1 fully saturated rings. The lowest BCUT2D eigenvalue weighted by Gasteiger charge is -2.23. The van der Waals surface area contributed by atoms with Crippen LogP contribution < -0.4 is 10.9 Å². The zero-order valence-electron chi connectivity index (χ0n) is 8.75. The summed E-state index contributed by atoms with van der Waals surface area (Å²) in [5.41, 5.74) is -0.358. The first-order valence-electron chi connectivity index (χ1n) is 5.11. The lowest BCUT2D eigenvalue weighted by Crippen LogP contribution is -2.34. The van der Waals surface area contributed by atoms with Crippen LogP contribution in [0, 0.1) is 0 Å². The molecule has 1 aliphatic heterocycles. The molecule has 0 bridgehead atoms. The van der Waals surface area contributed by atoms with Crippen LogP contribution in [0.25, 0.3) is 0 Å². The molecule has 1 aromatic heterocycles. The topological polar surface area (TPSA) is 67.0 Å². The molecule has 0 aliphatic carbocycles. The number of ether oxygens (including phenoxy) is 1. The van der Waals surface area contributed by atoms with Gasteiger partial charge >= 0.3 is 0 Å². The first-order valence-corrected chi connectivity index (χ1v) is 5.11. The minimum Gasteiger partial charge on any atom is -0.373 e. The summed E-state index contributed by atoms with van der Waals surface area (Å²) in [6, 6.07) is 0. The summed E-state index contributed by atoms with van der Waals surface area (Å²) in [7, 11) is 0. The SMILES string of the molecule is CC1(CNc2ncc[nH]c2=O)CCCO1. The Hall–Kier alpha value is -1.36. The lowest BCUT2D eigenvalue weighted by atomic mass is 10.0. The van der Waals surface area contributed by atoms with Gasteiger partial charge in [0.05, 0.1) is 5.60 Å². The van der Waals surface area contributed by atoms with E-state index in [0.29, 0.717) is 12.4 Å². The van der Waals surface area contributed by atoms with Crippen LogP contribution >= 0.6 is 0 Å². The van der Waals surface area contributed by atoms with Gasteiger partial charge in [0, 0.05) is 25.5 Å². The molecular weight excluding hydrogens is 194 g/mol. The van der Waals surface area contributed by atoms with Crippen LogP contribution in [-0.4, -0.2) is 28.7 Å². The molecule has 15 heavy (non-hydrogen) atoms. The molecule has 0 aromatic carbocycles. The van der Waals surface area contributed by atoms with Gasteiger partial charge in [0.2, 0.25) is 0 Å². The predicted molar refractivity (Wildman–Crippen MR) is 56.9 cm³/mol. The van der Waals surface area contributed by atoms with Crippen molar-refractivity contribution in [3.8, 4) is 0 Å². The fourth-order valence-electron chi connectivity index (χ4n) is 1.72. The van der Waals surface area contributed by atoms with Crippen LogP contribution in [0.1, 0.15) is 19.8 Å². The summed E-state index contributed by atoms with van der Waals surface area (Å²) in [5.74, 6) is 0.356. The molecule has 1 unspecified atom stereocenters. The summed E-state index contributed by atoms with van der Waals surface area (Å²) < 4.78 is 5.60. The molecule has 5 nitrogen and oxygen atoms in total. The molecule has 82 valence electrons. The molecule has 2 heterocycles. The zero-order valence-corrected chi connectivity index (χ0v) is 8.75. The number of nitrogens with zero attached hydrogens (tertiary/aromatic N) is 1. The maximum atomic E-state index is 11.3. The van der Waals surface area contributed by atoms with Crippen molar-refractivity contribution in [2.24, 2.45) is 0 Å². The van der Waals surface area contributed by atoms with Crippen LogP contribution in [0.3, 0.4) is 0 Å². The molecule has 0 radical (unpaired) electrons. The normalized spacial score (nSPS) is 25.4. The number of nitrogens with one attached hydrogen (secondary N) is 2. The molecule has 1 saturated heterocycles. The number of aromatic amines is 1. The van der Waals surface area contributed by atoms with Crippen molar-refractivity contribution in [2.45, 2.75) is 25.4 Å². The first kappa shape index (κ1) is 10.2. The number of H-pyrrole nitrogens is 1. The average molecular weight is 209 g/mol. The van der Waals surface area contributed by atoms with Gasteiger partial charge < -0.3 is 15.0 Å². The van der Waals surface area contributed by atoms with E-state index in [9.17, 15) is 4.79 Å². The summed E-state index contributed by atoms with van der Waals surface area (Å²) in [6.45, 7) is 3.47. The van der Waals surface area contributed by atoms with E-state index in [4.69, 9.17) is 4.74 Å². The van der Waals surface area contributed by atoms with Gasteiger partial charge in [-0.05, 0) is 19.8 Å². The second-order valence-electron chi connectivity index (χ2n) is 4.02. The molecule has 0 spiro atoms. The van der Waals surface area contributed by atoms with Gasteiger partial charge in [-0.15, -0.1) is 0 Å². The number of rotatable bonds is 3. The van der Waals surface area contributed by atoms with Crippen molar-refractivity contribution in [3.63, 3.8) is 0 Å². The zero-order chi connectivity index (χ0) is 10.7. The standard InChI is InChI=1S/C10H15N3O2/c1-10(3-2-6-15-10)7-13-8-9(14)12-5-4-11-8/h4-5H,2-3,6-7H2,1H3,(H,11,13)(H,12,14). The van der Waals surface area contributed by atoms with Crippen molar-refractivity contribution in [3.05, 3.63) is 22.7 Å². The molecule has 1 aromatic rings. The Morgan fingerprint density at radius 1 is 1.73 bits per heavy atom. The third-order valence-corrected chi connectivity index (χ3v) is 2.64. The fourth-order valence-corrected chi connectivity index (χ4v) is 1.72. The van der Waals surface area contributed by atoms with Crippen LogP contribution in [-0.2, 0) is 4.74 Å². The van der Waals surface area contributed by atoms with E-state index in [0.717, 1.165) is 19.4 Å². The Morgan fingerprint density at radius 2 is 2.60 bits per heavy atom. The second-order valence-corrected chi connectivity index (χ2v) is 4.02. The largest absolute Gasteiger partial charge is 0.373 e. The van der Waals surface area contributed by atoms with E-state index in [2.05, 4.69) is 15.3 Å². The monoisotopic (exact) mass is 209 g/mol. The third kappa shape index (κ3) is 2.36. The van der Waals surface area contributed by atoms with E-state index < -0.39 is 0 Å². The maximum absolute atomic E-state index is 11.3. The molecule has 1 aliphatic rings. The number of anilines is 1. The van der Waals surface area contributed by atoms with Gasteiger partial charge in [0.1, 0.15) is 0 Å². The number of hydrogen-bond donors (Lipinski definition) is 2. The van der Waals surface area contributed by atoms with Crippen molar-refractivity contribution in [1.29, 1.82) is 0 Å². The highest BCUT2D eigenvalue weighted by atomic mass is 16.5. The molecule has 5 heteroatoms. The van der Waals surface area contributed by atoms with Gasteiger partial charge in [-0.3, -0.25) is 4.79 Å². The molecule has 1 atom stereocenters. The minimum atomic E-state index is -0.195. The van der Waals surface area contributed by atoms with Crippen molar-refractivity contribution in [1.82, 2.24) is 9.97 Å². The highest BCUT2D eigenvalue weighted by Crippen LogP contribution is 2.24. The van der Waals surface area contributed by atoms with Gasteiger partial charge in [0.25, 0.3) is 5.56 Å². The van der Waals surface area contributed by atoms with E-state index in [-0.39, 0.29) is 11.2 Å². The summed E-state index contributed by atoms with van der Waals surface area (Å²) >= 11 is 0. The molecule has 0 saturated carbocycles. The van der Waals surface area contributed by atoms with E-state index in [1.54, 1.807) is 6.20 Å². The van der Waals surface area contributed by atoms with Gasteiger partial charge in [0.15, 0.2) is 5.82 Å². The maximum Gasteiger partial charge on any atom is 0.290 e. The third-order valence-electron chi connectivity index (χ3n) is 2.64. The summed E-state index contributed by atoms with van der Waals surface area (Å²) in [6.07, 6.45) is 5.17. The van der Waals surface area contributed by atoms with Crippen LogP contribution in [0.5, 0.6) is 0 Å². The second kappa shape index (κ2) is 4.02. The molecule has 2 rings (SSSR count). The van der Waals surface area contributed by atoms with Crippen molar-refractivity contribution >= 4 is 5.82 Å².